The Hall–Kier alpha value is -0.0800. The number of likely N-dealkylation sites (N-methyl/N-ethyl adjacent to an activating group) is 1. The third-order valence-electron chi connectivity index (χ3n) is 3.32. The van der Waals surface area contributed by atoms with Crippen LogP contribution in [0.25, 0.3) is 0 Å². The number of hydrogen-bond donors (Lipinski definition) is 1. The molecule has 0 atom stereocenters. The lowest BCUT2D eigenvalue weighted by Gasteiger charge is -2.22. The van der Waals surface area contributed by atoms with Crippen LogP contribution in [0.5, 0.6) is 0 Å². The maximum absolute atomic E-state index is 3.56. The first-order chi connectivity index (χ1) is 7.51. The third kappa shape index (κ3) is 7.24. The van der Waals surface area contributed by atoms with Gasteiger partial charge >= 0.3 is 0 Å². The number of nitrogens with zero attached hydrogens (tertiary/aromatic N) is 1. The Balaban J connectivity index is 1.95. The summed E-state index contributed by atoms with van der Waals surface area (Å²) >= 11 is 0. The van der Waals surface area contributed by atoms with Crippen LogP contribution < -0.4 is 5.32 Å². The Morgan fingerprint density at radius 3 is 2.38 bits per heavy atom. The molecule has 0 aromatic carbocycles. The molecule has 2 nitrogen and oxygen atoms in total. The van der Waals surface area contributed by atoms with E-state index >= 15 is 0 Å². The topological polar surface area (TPSA) is 15.3 Å². The van der Waals surface area contributed by atoms with Crippen LogP contribution in [0, 0.1) is 11.3 Å². The minimum Gasteiger partial charge on any atom is -0.315 e. The van der Waals surface area contributed by atoms with Gasteiger partial charge in [0.05, 0.1) is 0 Å². The fourth-order valence-electron chi connectivity index (χ4n) is 1.87. The summed E-state index contributed by atoms with van der Waals surface area (Å²) in [5.74, 6) is 1.02. The molecule has 0 spiro atoms. The molecule has 0 bridgehead atoms. The molecule has 2 heteroatoms. The van der Waals surface area contributed by atoms with Crippen molar-refractivity contribution in [2.75, 3.05) is 32.7 Å². The molecule has 1 N–H and O–H groups in total. The van der Waals surface area contributed by atoms with Crippen molar-refractivity contribution < 1.29 is 0 Å². The molecule has 96 valence electrons. The van der Waals surface area contributed by atoms with Crippen molar-refractivity contribution in [1.29, 1.82) is 0 Å². The molecule has 0 heterocycles. The van der Waals surface area contributed by atoms with Gasteiger partial charge in [0.15, 0.2) is 0 Å². The smallest absolute Gasteiger partial charge is 0.0107 e. The zero-order chi connectivity index (χ0) is 12.0. The monoisotopic (exact) mass is 226 g/mol. The van der Waals surface area contributed by atoms with Crippen molar-refractivity contribution in [3.63, 3.8) is 0 Å². The maximum atomic E-state index is 3.56. The van der Waals surface area contributed by atoms with Gasteiger partial charge in [0, 0.05) is 19.6 Å². The fraction of sp³-hybridized carbons (Fsp3) is 1.00. The average molecular weight is 226 g/mol. The summed E-state index contributed by atoms with van der Waals surface area (Å²) in [5, 5.41) is 3.56. The van der Waals surface area contributed by atoms with E-state index in [1.165, 1.54) is 38.9 Å². The highest BCUT2D eigenvalue weighted by atomic mass is 15.1. The number of hydrogen-bond acceptors (Lipinski definition) is 2. The standard InChI is InChI=1S/C14H30N2/c1-5-16(12-13-6-7-13)11-10-15-9-8-14(2,3)4/h13,15H,5-12H2,1-4H3. The van der Waals surface area contributed by atoms with Crippen molar-refractivity contribution >= 4 is 0 Å². The second-order valence-corrected chi connectivity index (χ2v) is 6.40. The molecule has 0 saturated heterocycles. The summed E-state index contributed by atoms with van der Waals surface area (Å²) in [6, 6.07) is 0. The molecular formula is C14H30N2. The van der Waals surface area contributed by atoms with E-state index in [1.807, 2.05) is 0 Å². The Morgan fingerprint density at radius 1 is 1.19 bits per heavy atom. The highest BCUT2D eigenvalue weighted by Gasteiger charge is 2.23. The molecule has 16 heavy (non-hydrogen) atoms. The van der Waals surface area contributed by atoms with Crippen molar-refractivity contribution in [3.8, 4) is 0 Å². The Morgan fingerprint density at radius 2 is 1.88 bits per heavy atom. The van der Waals surface area contributed by atoms with Gasteiger partial charge in [-0.15, -0.1) is 0 Å². The van der Waals surface area contributed by atoms with E-state index in [1.54, 1.807) is 0 Å². The zero-order valence-electron chi connectivity index (χ0n) is 11.7. The molecule has 0 aromatic rings. The van der Waals surface area contributed by atoms with Crippen LogP contribution >= 0.6 is 0 Å². The van der Waals surface area contributed by atoms with Gasteiger partial charge in [0.2, 0.25) is 0 Å². The van der Waals surface area contributed by atoms with Gasteiger partial charge in [0.25, 0.3) is 0 Å². The lowest BCUT2D eigenvalue weighted by Crippen LogP contribution is -2.34. The SMILES string of the molecule is CCN(CCNCCC(C)(C)C)CC1CC1. The van der Waals surface area contributed by atoms with Gasteiger partial charge in [-0.2, -0.15) is 0 Å². The predicted molar refractivity (Wildman–Crippen MR) is 71.8 cm³/mol. The molecule has 1 aliphatic carbocycles. The van der Waals surface area contributed by atoms with Crippen LogP contribution in [0.3, 0.4) is 0 Å². The largest absolute Gasteiger partial charge is 0.315 e. The second kappa shape index (κ2) is 6.61. The van der Waals surface area contributed by atoms with Crippen molar-refractivity contribution in [3.05, 3.63) is 0 Å². The lowest BCUT2D eigenvalue weighted by molar-refractivity contribution is 0.272. The van der Waals surface area contributed by atoms with Gasteiger partial charge in [-0.05, 0) is 43.7 Å². The van der Waals surface area contributed by atoms with Gasteiger partial charge in [-0.25, -0.2) is 0 Å². The third-order valence-corrected chi connectivity index (χ3v) is 3.32. The molecule has 0 radical (unpaired) electrons. The lowest BCUT2D eigenvalue weighted by atomic mass is 9.92. The molecular weight excluding hydrogens is 196 g/mol. The molecule has 1 saturated carbocycles. The zero-order valence-corrected chi connectivity index (χ0v) is 11.7. The summed E-state index contributed by atoms with van der Waals surface area (Å²) in [6.45, 7) is 15.3. The van der Waals surface area contributed by atoms with Gasteiger partial charge < -0.3 is 10.2 Å². The van der Waals surface area contributed by atoms with Crippen molar-refractivity contribution in [1.82, 2.24) is 10.2 Å². The van der Waals surface area contributed by atoms with Gasteiger partial charge in [-0.1, -0.05) is 27.7 Å². The Bertz CT molecular complexity index is 180. The molecule has 0 amide bonds. The van der Waals surface area contributed by atoms with E-state index in [9.17, 15) is 0 Å². The molecule has 0 aliphatic heterocycles. The highest BCUT2D eigenvalue weighted by molar-refractivity contribution is 4.77. The number of nitrogens with one attached hydrogen (secondary N) is 1. The van der Waals surface area contributed by atoms with E-state index in [0.29, 0.717) is 5.41 Å². The van der Waals surface area contributed by atoms with Gasteiger partial charge in [0.1, 0.15) is 0 Å². The highest BCUT2D eigenvalue weighted by Crippen LogP contribution is 2.29. The first-order valence-corrected chi connectivity index (χ1v) is 6.94. The summed E-state index contributed by atoms with van der Waals surface area (Å²) in [7, 11) is 0. The van der Waals surface area contributed by atoms with Crippen LogP contribution in [-0.2, 0) is 0 Å². The summed E-state index contributed by atoms with van der Waals surface area (Å²) in [6.07, 6.45) is 4.20. The van der Waals surface area contributed by atoms with E-state index < -0.39 is 0 Å². The van der Waals surface area contributed by atoms with E-state index in [4.69, 9.17) is 0 Å². The number of rotatable bonds is 8. The Kier molecular flexibility index (Phi) is 5.77. The van der Waals surface area contributed by atoms with Crippen LogP contribution in [0.4, 0.5) is 0 Å². The first-order valence-electron chi connectivity index (χ1n) is 6.94. The predicted octanol–water partition coefficient (Wildman–Crippen LogP) is 2.74. The minimum absolute atomic E-state index is 0.464. The molecule has 0 aromatic heterocycles. The van der Waals surface area contributed by atoms with E-state index in [2.05, 4.69) is 37.9 Å². The summed E-state index contributed by atoms with van der Waals surface area (Å²) in [5.41, 5.74) is 0.464. The van der Waals surface area contributed by atoms with E-state index in [-0.39, 0.29) is 0 Å². The average Bonchev–Trinajstić information content (AvgIpc) is 2.97. The van der Waals surface area contributed by atoms with Crippen LogP contribution in [-0.4, -0.2) is 37.6 Å². The molecule has 1 fully saturated rings. The Labute approximate surface area is 102 Å². The van der Waals surface area contributed by atoms with Crippen LogP contribution in [0.1, 0.15) is 47.0 Å². The molecule has 1 rings (SSSR count). The van der Waals surface area contributed by atoms with Gasteiger partial charge in [-0.3, -0.25) is 0 Å². The van der Waals surface area contributed by atoms with Crippen LogP contribution in [0.2, 0.25) is 0 Å². The minimum atomic E-state index is 0.464. The molecule has 0 unspecified atom stereocenters. The van der Waals surface area contributed by atoms with Crippen molar-refractivity contribution in [2.45, 2.75) is 47.0 Å². The fourth-order valence-corrected chi connectivity index (χ4v) is 1.87. The quantitative estimate of drug-likeness (QED) is 0.640. The van der Waals surface area contributed by atoms with Crippen LogP contribution in [0.15, 0.2) is 0 Å². The second-order valence-electron chi connectivity index (χ2n) is 6.40. The summed E-state index contributed by atoms with van der Waals surface area (Å²) in [4.78, 5) is 2.59. The molecule has 1 aliphatic rings. The maximum Gasteiger partial charge on any atom is 0.0107 e. The van der Waals surface area contributed by atoms with E-state index in [0.717, 1.165) is 19.0 Å². The normalized spacial score (nSPS) is 17.1. The van der Waals surface area contributed by atoms with Crippen molar-refractivity contribution in [2.24, 2.45) is 11.3 Å². The first kappa shape index (κ1) is 14.0. The summed E-state index contributed by atoms with van der Waals surface area (Å²) < 4.78 is 0.